The molecule has 0 spiro atoms. The summed E-state index contributed by atoms with van der Waals surface area (Å²) in [4.78, 5) is 22.3. The van der Waals surface area contributed by atoms with Crippen LogP contribution in [-0.4, -0.2) is 31.4 Å². The zero-order valence-corrected chi connectivity index (χ0v) is 11.2. The quantitative estimate of drug-likeness (QED) is 0.446. The third-order valence-corrected chi connectivity index (χ3v) is 2.47. The number of hydrogen-bond donors (Lipinski definition) is 4. The minimum Gasteiger partial charge on any atom is -0.397 e. The van der Waals surface area contributed by atoms with Crippen LogP contribution in [0.3, 0.4) is 0 Å². The van der Waals surface area contributed by atoms with Crippen LogP contribution < -0.4 is 21.7 Å². The summed E-state index contributed by atoms with van der Waals surface area (Å²) in [6, 6.07) is 5.10. The van der Waals surface area contributed by atoms with Crippen LogP contribution in [0.2, 0.25) is 0 Å². The second-order valence-corrected chi connectivity index (χ2v) is 4.07. The van der Waals surface area contributed by atoms with E-state index in [9.17, 15) is 9.59 Å². The zero-order chi connectivity index (χ0) is 14.3. The van der Waals surface area contributed by atoms with Gasteiger partial charge in [-0.15, -0.1) is 0 Å². The first-order valence-corrected chi connectivity index (χ1v) is 6.20. The molecule has 6 heteroatoms. The molecule has 0 atom stereocenters. The van der Waals surface area contributed by atoms with Crippen molar-refractivity contribution in [2.75, 3.05) is 30.7 Å². The topological polar surface area (TPSA) is 96.2 Å². The maximum absolute atomic E-state index is 11.6. The van der Waals surface area contributed by atoms with Gasteiger partial charge in [0.2, 0.25) is 5.91 Å². The Balaban J connectivity index is 2.57. The summed E-state index contributed by atoms with van der Waals surface area (Å²) in [6.45, 7) is 5.00. The monoisotopic (exact) mass is 264 g/mol. The second kappa shape index (κ2) is 7.25. The van der Waals surface area contributed by atoms with E-state index in [2.05, 4.69) is 16.0 Å². The van der Waals surface area contributed by atoms with Gasteiger partial charge in [0.15, 0.2) is 0 Å². The predicted molar refractivity (Wildman–Crippen MR) is 76.0 cm³/mol. The van der Waals surface area contributed by atoms with E-state index < -0.39 is 0 Å². The van der Waals surface area contributed by atoms with Crippen molar-refractivity contribution in [3.05, 3.63) is 23.8 Å². The number of benzene rings is 1. The van der Waals surface area contributed by atoms with Gasteiger partial charge in [-0.05, 0) is 25.1 Å². The molecular weight excluding hydrogens is 244 g/mol. The largest absolute Gasteiger partial charge is 0.397 e. The van der Waals surface area contributed by atoms with E-state index in [-0.39, 0.29) is 11.8 Å². The summed E-state index contributed by atoms with van der Waals surface area (Å²) >= 11 is 0. The average molecular weight is 264 g/mol. The fourth-order valence-corrected chi connectivity index (χ4v) is 1.56. The maximum atomic E-state index is 11.6. The van der Waals surface area contributed by atoms with Gasteiger partial charge in [0.05, 0.1) is 11.4 Å². The van der Waals surface area contributed by atoms with E-state index in [1.807, 2.05) is 6.92 Å². The van der Waals surface area contributed by atoms with Crippen molar-refractivity contribution < 1.29 is 9.59 Å². The molecule has 104 valence electrons. The number of nitrogens with two attached hydrogens (primary N) is 1. The lowest BCUT2D eigenvalue weighted by atomic mass is 10.1. The van der Waals surface area contributed by atoms with Gasteiger partial charge >= 0.3 is 0 Å². The number of amides is 2. The highest BCUT2D eigenvalue weighted by atomic mass is 16.2. The number of carbonyl (C=O) groups excluding carboxylic acids is 2. The van der Waals surface area contributed by atoms with E-state index in [0.717, 1.165) is 5.69 Å². The molecule has 0 unspecified atom stereocenters. The molecule has 0 radical (unpaired) electrons. The molecule has 0 aliphatic rings. The van der Waals surface area contributed by atoms with Gasteiger partial charge in [-0.2, -0.15) is 0 Å². The molecule has 1 rings (SSSR count). The lowest BCUT2D eigenvalue weighted by Crippen LogP contribution is -2.26. The molecule has 6 nitrogen and oxygen atoms in total. The Hall–Kier alpha value is -2.24. The van der Waals surface area contributed by atoms with Crippen molar-refractivity contribution in [2.24, 2.45) is 0 Å². The first kappa shape index (κ1) is 14.8. The molecule has 0 aliphatic carbocycles. The van der Waals surface area contributed by atoms with E-state index in [1.165, 1.54) is 6.92 Å². The van der Waals surface area contributed by atoms with Gasteiger partial charge in [0.25, 0.3) is 5.91 Å². The summed E-state index contributed by atoms with van der Waals surface area (Å²) in [7, 11) is 0. The normalized spacial score (nSPS) is 9.79. The van der Waals surface area contributed by atoms with E-state index >= 15 is 0 Å². The molecule has 0 saturated carbocycles. The Morgan fingerprint density at radius 2 is 1.95 bits per heavy atom. The third kappa shape index (κ3) is 4.87. The van der Waals surface area contributed by atoms with Crippen molar-refractivity contribution in [1.82, 2.24) is 10.6 Å². The van der Waals surface area contributed by atoms with E-state index in [0.29, 0.717) is 30.9 Å². The zero-order valence-electron chi connectivity index (χ0n) is 11.2. The lowest BCUT2D eigenvalue weighted by Gasteiger charge is -2.11. The van der Waals surface area contributed by atoms with Crippen LogP contribution in [0.4, 0.5) is 11.4 Å². The second-order valence-electron chi connectivity index (χ2n) is 4.07. The number of anilines is 2. The standard InChI is InChI=1S/C13H20N4O2/c1-3-15-13(19)10-4-5-12(11(14)8-10)17-7-6-16-9(2)18/h4-5,8,17H,3,6-7,14H2,1-2H3,(H,15,19)(H,16,18). The van der Waals surface area contributed by atoms with Crippen molar-refractivity contribution in [3.63, 3.8) is 0 Å². The molecule has 0 bridgehead atoms. The Kier molecular flexibility index (Phi) is 5.66. The smallest absolute Gasteiger partial charge is 0.251 e. The molecule has 19 heavy (non-hydrogen) atoms. The van der Waals surface area contributed by atoms with E-state index in [4.69, 9.17) is 5.73 Å². The summed E-state index contributed by atoms with van der Waals surface area (Å²) in [5.74, 6) is -0.208. The number of carbonyl (C=O) groups is 2. The Labute approximate surface area is 112 Å². The first-order chi connectivity index (χ1) is 9.04. The highest BCUT2D eigenvalue weighted by Gasteiger charge is 2.06. The number of nitrogens with one attached hydrogen (secondary N) is 3. The predicted octanol–water partition coefficient (Wildman–Crippen LogP) is 0.567. The van der Waals surface area contributed by atoms with Crippen LogP contribution in [0, 0.1) is 0 Å². The van der Waals surface area contributed by atoms with Gasteiger partial charge in [-0.1, -0.05) is 0 Å². The summed E-state index contributed by atoms with van der Waals surface area (Å²) in [6.07, 6.45) is 0. The molecule has 0 heterocycles. The van der Waals surface area contributed by atoms with Crippen molar-refractivity contribution >= 4 is 23.2 Å². The molecule has 0 saturated heterocycles. The highest BCUT2D eigenvalue weighted by Crippen LogP contribution is 2.19. The van der Waals surface area contributed by atoms with Crippen LogP contribution in [0.15, 0.2) is 18.2 Å². The minimum atomic E-state index is -0.140. The highest BCUT2D eigenvalue weighted by molar-refractivity contribution is 5.96. The van der Waals surface area contributed by atoms with Gasteiger partial charge in [0.1, 0.15) is 0 Å². The average Bonchev–Trinajstić information content (AvgIpc) is 2.36. The first-order valence-electron chi connectivity index (χ1n) is 6.20. The Bertz CT molecular complexity index is 460. The minimum absolute atomic E-state index is 0.0682. The molecule has 0 fully saturated rings. The fourth-order valence-electron chi connectivity index (χ4n) is 1.56. The lowest BCUT2D eigenvalue weighted by molar-refractivity contribution is -0.118. The molecule has 0 aliphatic heterocycles. The molecular formula is C13H20N4O2. The molecule has 2 amide bonds. The van der Waals surface area contributed by atoms with Crippen molar-refractivity contribution in [2.45, 2.75) is 13.8 Å². The SMILES string of the molecule is CCNC(=O)c1ccc(NCCNC(C)=O)c(N)c1. The molecule has 0 aromatic heterocycles. The summed E-state index contributed by atoms with van der Waals surface area (Å²) < 4.78 is 0. The van der Waals surface area contributed by atoms with Gasteiger partial charge in [-0.25, -0.2) is 0 Å². The molecule has 5 N–H and O–H groups in total. The van der Waals surface area contributed by atoms with Crippen LogP contribution in [0.5, 0.6) is 0 Å². The summed E-state index contributed by atoms with van der Waals surface area (Å²) in [5, 5.41) is 8.48. The fraction of sp³-hybridized carbons (Fsp3) is 0.385. The molecule has 1 aromatic carbocycles. The van der Waals surface area contributed by atoms with Crippen molar-refractivity contribution in [1.29, 1.82) is 0 Å². The summed E-state index contributed by atoms with van der Waals surface area (Å²) in [5.41, 5.74) is 7.66. The van der Waals surface area contributed by atoms with Crippen LogP contribution >= 0.6 is 0 Å². The Morgan fingerprint density at radius 1 is 1.21 bits per heavy atom. The Morgan fingerprint density at radius 3 is 2.53 bits per heavy atom. The number of rotatable bonds is 6. The van der Waals surface area contributed by atoms with E-state index in [1.54, 1.807) is 18.2 Å². The third-order valence-electron chi connectivity index (χ3n) is 2.47. The molecule has 1 aromatic rings. The van der Waals surface area contributed by atoms with Gasteiger partial charge in [0, 0.05) is 32.1 Å². The van der Waals surface area contributed by atoms with Gasteiger partial charge < -0.3 is 21.7 Å². The van der Waals surface area contributed by atoms with Crippen LogP contribution in [0.25, 0.3) is 0 Å². The van der Waals surface area contributed by atoms with Crippen molar-refractivity contribution in [3.8, 4) is 0 Å². The number of hydrogen-bond acceptors (Lipinski definition) is 4. The van der Waals surface area contributed by atoms with Gasteiger partial charge in [-0.3, -0.25) is 9.59 Å². The maximum Gasteiger partial charge on any atom is 0.251 e. The van der Waals surface area contributed by atoms with Crippen LogP contribution in [0.1, 0.15) is 24.2 Å². The van der Waals surface area contributed by atoms with Crippen LogP contribution in [-0.2, 0) is 4.79 Å². The number of nitrogen functional groups attached to an aromatic ring is 1.